The van der Waals surface area contributed by atoms with Crippen molar-refractivity contribution < 1.29 is 23.8 Å². The average molecular weight is 491 g/mol. The number of thioether (sulfide) groups is 1. The zero-order valence-electron chi connectivity index (χ0n) is 17.9. The number of thiazole rings is 1. The van der Waals surface area contributed by atoms with Gasteiger partial charge in [-0.15, -0.1) is 11.8 Å². The third-order valence-corrected chi connectivity index (χ3v) is 7.41. The summed E-state index contributed by atoms with van der Waals surface area (Å²) in [5, 5.41) is -0.474. The Labute approximate surface area is 197 Å². The van der Waals surface area contributed by atoms with Crippen LogP contribution in [0.3, 0.4) is 0 Å². The van der Waals surface area contributed by atoms with Crippen molar-refractivity contribution >= 4 is 51.3 Å². The summed E-state index contributed by atoms with van der Waals surface area (Å²) < 4.78 is 18.7. The highest BCUT2D eigenvalue weighted by Gasteiger charge is 2.44. The number of benzene rings is 1. The molecule has 0 spiro atoms. The Morgan fingerprint density at radius 2 is 2.06 bits per heavy atom. The van der Waals surface area contributed by atoms with Crippen LogP contribution in [0.2, 0.25) is 0 Å². The number of hydrogen-bond acceptors (Lipinski definition) is 11. The van der Waals surface area contributed by atoms with E-state index in [0.717, 1.165) is 11.3 Å². The number of ether oxygens (including phenoxy) is 3. The third-order valence-electron chi connectivity index (χ3n) is 5.10. The van der Waals surface area contributed by atoms with E-state index in [4.69, 9.17) is 19.9 Å². The van der Waals surface area contributed by atoms with Crippen LogP contribution in [0.5, 0.6) is 0 Å². The molecule has 1 saturated heterocycles. The SMILES string of the molecule is CC[C@H](OC(=O)c1ccccc1)[C@H]1O[C@@H](n2c(=O)sc3cnc(N)nc32)[C@H](CC(=O)OC)S1. The van der Waals surface area contributed by atoms with Gasteiger partial charge in [0.25, 0.3) is 0 Å². The molecule has 0 saturated carbocycles. The Morgan fingerprint density at radius 3 is 2.76 bits per heavy atom. The van der Waals surface area contributed by atoms with E-state index in [9.17, 15) is 14.4 Å². The standard InChI is InChI=1S/C21H22N4O6S2/c1-3-12(30-18(27)11-7-5-4-6-8-11)19-31-17(13(32-19)9-15(26)29-2)25-16-14(33-21(25)28)10-23-20(22)24-16/h4-8,10,12-13,17,19H,3,9H2,1-2H3,(H2,22,23,24)/t12-,13-,17+,19-/m0/s1. The Kier molecular flexibility index (Phi) is 6.96. The Morgan fingerprint density at radius 1 is 1.30 bits per heavy atom. The first-order chi connectivity index (χ1) is 15.9. The van der Waals surface area contributed by atoms with E-state index in [1.807, 2.05) is 13.0 Å². The fourth-order valence-corrected chi connectivity index (χ4v) is 5.80. The van der Waals surface area contributed by atoms with E-state index in [2.05, 4.69) is 9.97 Å². The van der Waals surface area contributed by atoms with Crippen LogP contribution in [0.15, 0.2) is 41.3 Å². The van der Waals surface area contributed by atoms with Gasteiger partial charge in [-0.1, -0.05) is 36.5 Å². The summed E-state index contributed by atoms with van der Waals surface area (Å²) in [7, 11) is 1.30. The number of nitrogen functional groups attached to an aromatic ring is 1. The molecule has 1 aliphatic rings. The van der Waals surface area contributed by atoms with Gasteiger partial charge in [-0.05, 0) is 18.6 Å². The number of nitrogens with zero attached hydrogens (tertiary/aromatic N) is 3. The number of methoxy groups -OCH3 is 1. The zero-order valence-corrected chi connectivity index (χ0v) is 19.5. The maximum Gasteiger partial charge on any atom is 0.338 e. The molecule has 0 bridgehead atoms. The highest BCUT2D eigenvalue weighted by atomic mass is 32.2. The minimum absolute atomic E-state index is 0.00422. The highest BCUT2D eigenvalue weighted by Crippen LogP contribution is 2.44. The van der Waals surface area contributed by atoms with Crippen LogP contribution in [0.4, 0.5) is 5.95 Å². The fourth-order valence-electron chi connectivity index (χ4n) is 3.48. The van der Waals surface area contributed by atoms with E-state index in [1.54, 1.807) is 24.3 Å². The van der Waals surface area contributed by atoms with E-state index < -0.39 is 35.0 Å². The summed E-state index contributed by atoms with van der Waals surface area (Å²) in [6.45, 7) is 1.87. The molecule has 174 valence electrons. The predicted octanol–water partition coefficient (Wildman–Crippen LogP) is 2.59. The summed E-state index contributed by atoms with van der Waals surface area (Å²) in [4.78, 5) is 45.3. The topological polar surface area (TPSA) is 136 Å². The lowest BCUT2D eigenvalue weighted by molar-refractivity contribution is -0.141. The fraction of sp³-hybridized carbons (Fsp3) is 0.381. The van der Waals surface area contributed by atoms with Crippen molar-refractivity contribution in [3.05, 3.63) is 51.8 Å². The Hall–Kier alpha value is -2.96. The number of fused-ring (bicyclic) bond motifs is 1. The van der Waals surface area contributed by atoms with E-state index in [0.29, 0.717) is 22.3 Å². The second-order valence-corrected chi connectivity index (χ2v) is 9.56. The molecule has 1 aromatic carbocycles. The van der Waals surface area contributed by atoms with E-state index in [-0.39, 0.29) is 17.2 Å². The van der Waals surface area contributed by atoms with Crippen LogP contribution in [0, 0.1) is 0 Å². The minimum atomic E-state index is -0.834. The molecule has 0 aliphatic carbocycles. The third kappa shape index (κ3) is 4.87. The molecular formula is C21H22N4O6S2. The van der Waals surface area contributed by atoms with Crippen molar-refractivity contribution in [3.8, 4) is 0 Å². The average Bonchev–Trinajstić information content (AvgIpc) is 3.36. The lowest BCUT2D eigenvalue weighted by Gasteiger charge is -2.22. The molecule has 2 N–H and O–H groups in total. The molecule has 4 atom stereocenters. The van der Waals surface area contributed by atoms with Gasteiger partial charge in [0.05, 0.1) is 35.2 Å². The Bertz CT molecular complexity index is 1210. The molecule has 4 rings (SSSR count). The van der Waals surface area contributed by atoms with Crippen molar-refractivity contribution in [2.24, 2.45) is 0 Å². The summed E-state index contributed by atoms with van der Waals surface area (Å²) in [6.07, 6.45) is 0.510. The van der Waals surface area contributed by atoms with Gasteiger partial charge in [0, 0.05) is 0 Å². The molecule has 3 heterocycles. The molecule has 0 unspecified atom stereocenters. The van der Waals surface area contributed by atoms with Gasteiger partial charge in [0.15, 0.2) is 11.9 Å². The van der Waals surface area contributed by atoms with Gasteiger partial charge >= 0.3 is 16.8 Å². The molecule has 0 amide bonds. The van der Waals surface area contributed by atoms with Crippen LogP contribution in [-0.4, -0.2) is 50.4 Å². The quantitative estimate of drug-likeness (QED) is 0.492. The van der Waals surface area contributed by atoms with Gasteiger partial charge < -0.3 is 19.9 Å². The zero-order chi connectivity index (χ0) is 23.5. The first-order valence-electron chi connectivity index (χ1n) is 10.2. The maximum absolute atomic E-state index is 12.8. The van der Waals surface area contributed by atoms with Crippen LogP contribution in [-0.2, 0) is 19.0 Å². The van der Waals surface area contributed by atoms with Crippen molar-refractivity contribution in [1.29, 1.82) is 0 Å². The van der Waals surface area contributed by atoms with Gasteiger partial charge in [0.1, 0.15) is 11.5 Å². The van der Waals surface area contributed by atoms with Gasteiger partial charge in [-0.3, -0.25) is 14.2 Å². The molecule has 33 heavy (non-hydrogen) atoms. The smallest absolute Gasteiger partial charge is 0.338 e. The van der Waals surface area contributed by atoms with Crippen LogP contribution < -0.4 is 10.6 Å². The second kappa shape index (κ2) is 9.89. The normalized spacial score (nSPS) is 21.1. The highest BCUT2D eigenvalue weighted by molar-refractivity contribution is 8.00. The molecule has 12 heteroatoms. The lowest BCUT2D eigenvalue weighted by Crippen LogP contribution is -2.31. The van der Waals surface area contributed by atoms with Crippen LogP contribution in [0.1, 0.15) is 36.4 Å². The summed E-state index contributed by atoms with van der Waals surface area (Å²) in [6, 6.07) is 8.65. The number of carbonyl (C=O) groups is 2. The number of carbonyl (C=O) groups excluding carboxylic acids is 2. The lowest BCUT2D eigenvalue weighted by atomic mass is 10.2. The maximum atomic E-state index is 12.8. The second-order valence-electron chi connectivity index (χ2n) is 7.22. The Balaban J connectivity index is 1.64. The number of nitrogens with two attached hydrogens (primary N) is 1. The minimum Gasteiger partial charge on any atom is -0.469 e. The first-order valence-corrected chi connectivity index (χ1v) is 11.9. The molecule has 2 aromatic heterocycles. The molecule has 1 fully saturated rings. The number of aromatic nitrogens is 3. The molecule has 0 radical (unpaired) electrons. The molecule has 10 nitrogen and oxygen atoms in total. The van der Waals surface area contributed by atoms with Crippen LogP contribution >= 0.6 is 23.1 Å². The largest absolute Gasteiger partial charge is 0.469 e. The number of hydrogen-bond donors (Lipinski definition) is 1. The van der Waals surface area contributed by atoms with Crippen molar-refractivity contribution in [1.82, 2.24) is 14.5 Å². The van der Waals surface area contributed by atoms with E-state index in [1.165, 1.54) is 29.6 Å². The van der Waals surface area contributed by atoms with Crippen molar-refractivity contribution in [2.75, 3.05) is 12.8 Å². The van der Waals surface area contributed by atoms with Crippen molar-refractivity contribution in [2.45, 2.75) is 42.8 Å². The van der Waals surface area contributed by atoms with Crippen molar-refractivity contribution in [3.63, 3.8) is 0 Å². The van der Waals surface area contributed by atoms with Crippen LogP contribution in [0.25, 0.3) is 10.3 Å². The monoisotopic (exact) mass is 490 g/mol. The first kappa shape index (κ1) is 23.2. The van der Waals surface area contributed by atoms with Gasteiger partial charge in [0.2, 0.25) is 5.95 Å². The van der Waals surface area contributed by atoms with Gasteiger partial charge in [-0.2, -0.15) is 4.98 Å². The number of esters is 2. The summed E-state index contributed by atoms with van der Waals surface area (Å²) in [5.74, 6) is -0.903. The molecule has 3 aromatic rings. The number of anilines is 1. The molecular weight excluding hydrogens is 468 g/mol. The van der Waals surface area contributed by atoms with E-state index >= 15 is 0 Å². The number of rotatable bonds is 7. The summed E-state index contributed by atoms with van der Waals surface area (Å²) in [5.41, 5.74) is 5.88. The molecule has 1 aliphatic heterocycles. The van der Waals surface area contributed by atoms with Gasteiger partial charge in [-0.25, -0.2) is 9.78 Å². The summed E-state index contributed by atoms with van der Waals surface area (Å²) >= 11 is 2.28. The predicted molar refractivity (Wildman–Crippen MR) is 124 cm³/mol.